The Morgan fingerprint density at radius 1 is 1.21 bits per heavy atom. The number of nitrogens with two attached hydrogens (primary N) is 1. The van der Waals surface area contributed by atoms with Crippen LogP contribution in [0.15, 0.2) is 18.2 Å². The molecule has 0 unspecified atom stereocenters. The standard InChI is InChI=1S/C16H22N2S/c1-10-7-6-8-12(11(10)2)9-13-14(16(3,4)5)18-15(17)19-13/h6-8H,9H2,1-5H3,(H2,17,18). The molecular formula is C16H22N2S. The van der Waals surface area contributed by atoms with Crippen LogP contribution in [0.5, 0.6) is 0 Å². The molecule has 0 atom stereocenters. The molecule has 19 heavy (non-hydrogen) atoms. The molecule has 0 saturated heterocycles. The molecule has 1 aromatic heterocycles. The minimum absolute atomic E-state index is 0.0428. The molecule has 3 heteroatoms. The summed E-state index contributed by atoms with van der Waals surface area (Å²) < 4.78 is 0. The van der Waals surface area contributed by atoms with E-state index in [-0.39, 0.29) is 5.41 Å². The van der Waals surface area contributed by atoms with Gasteiger partial charge in [-0.2, -0.15) is 0 Å². The number of aromatic nitrogens is 1. The van der Waals surface area contributed by atoms with Crippen LogP contribution in [-0.2, 0) is 11.8 Å². The number of rotatable bonds is 2. The van der Waals surface area contributed by atoms with Crippen molar-refractivity contribution in [2.45, 2.75) is 46.5 Å². The highest BCUT2D eigenvalue weighted by atomic mass is 32.1. The SMILES string of the molecule is Cc1cccc(Cc2sc(N)nc2C(C)(C)C)c1C. The molecule has 0 radical (unpaired) electrons. The van der Waals surface area contributed by atoms with Gasteiger partial charge in [0.15, 0.2) is 5.13 Å². The summed E-state index contributed by atoms with van der Waals surface area (Å²) in [5.41, 5.74) is 11.2. The zero-order valence-corrected chi connectivity index (χ0v) is 13.2. The molecule has 0 aliphatic carbocycles. The average Bonchev–Trinajstić information content (AvgIpc) is 2.66. The van der Waals surface area contributed by atoms with Gasteiger partial charge in [0.1, 0.15) is 0 Å². The Bertz CT molecular complexity index is 591. The van der Waals surface area contributed by atoms with Crippen molar-refractivity contribution in [1.29, 1.82) is 0 Å². The molecule has 0 aliphatic heterocycles. The normalized spacial score (nSPS) is 11.8. The molecule has 2 nitrogen and oxygen atoms in total. The maximum Gasteiger partial charge on any atom is 0.180 e. The first-order valence-corrected chi connectivity index (χ1v) is 7.41. The molecule has 2 rings (SSSR count). The van der Waals surface area contributed by atoms with Gasteiger partial charge in [-0.25, -0.2) is 4.98 Å². The highest BCUT2D eigenvalue weighted by Gasteiger charge is 2.23. The number of thiazole rings is 1. The van der Waals surface area contributed by atoms with Crippen molar-refractivity contribution in [3.8, 4) is 0 Å². The highest BCUT2D eigenvalue weighted by molar-refractivity contribution is 7.15. The second-order valence-electron chi connectivity index (χ2n) is 6.11. The van der Waals surface area contributed by atoms with Crippen LogP contribution >= 0.6 is 11.3 Å². The maximum absolute atomic E-state index is 5.91. The molecule has 0 bridgehead atoms. The van der Waals surface area contributed by atoms with Gasteiger partial charge in [0.05, 0.1) is 5.69 Å². The molecule has 0 spiro atoms. The largest absolute Gasteiger partial charge is 0.375 e. The minimum atomic E-state index is 0.0428. The van der Waals surface area contributed by atoms with Gasteiger partial charge in [-0.05, 0) is 30.5 Å². The lowest BCUT2D eigenvalue weighted by atomic mass is 9.89. The minimum Gasteiger partial charge on any atom is -0.375 e. The third-order valence-electron chi connectivity index (χ3n) is 3.49. The van der Waals surface area contributed by atoms with E-state index in [1.54, 1.807) is 11.3 Å². The predicted molar refractivity (Wildman–Crippen MR) is 83.9 cm³/mol. The lowest BCUT2D eigenvalue weighted by Crippen LogP contribution is -2.14. The van der Waals surface area contributed by atoms with Crippen LogP contribution in [0.2, 0.25) is 0 Å². The first-order valence-electron chi connectivity index (χ1n) is 6.60. The van der Waals surface area contributed by atoms with Crippen molar-refractivity contribution in [2.24, 2.45) is 0 Å². The summed E-state index contributed by atoms with van der Waals surface area (Å²) in [6.07, 6.45) is 0.926. The van der Waals surface area contributed by atoms with Crippen molar-refractivity contribution in [3.05, 3.63) is 45.5 Å². The van der Waals surface area contributed by atoms with Crippen LogP contribution in [0.25, 0.3) is 0 Å². The van der Waals surface area contributed by atoms with Gasteiger partial charge in [-0.15, -0.1) is 11.3 Å². The van der Waals surface area contributed by atoms with Crippen LogP contribution in [0.4, 0.5) is 5.13 Å². The number of hydrogen-bond donors (Lipinski definition) is 1. The lowest BCUT2D eigenvalue weighted by molar-refractivity contribution is 0.568. The van der Waals surface area contributed by atoms with Gasteiger partial charge < -0.3 is 5.73 Å². The Balaban J connectivity index is 2.41. The number of nitrogens with zero attached hydrogens (tertiary/aromatic N) is 1. The number of hydrogen-bond acceptors (Lipinski definition) is 3. The lowest BCUT2D eigenvalue weighted by Gasteiger charge is -2.18. The average molecular weight is 274 g/mol. The summed E-state index contributed by atoms with van der Waals surface area (Å²) in [5, 5.41) is 0.672. The van der Waals surface area contributed by atoms with Crippen molar-refractivity contribution in [3.63, 3.8) is 0 Å². The Labute approximate surface area is 119 Å². The summed E-state index contributed by atoms with van der Waals surface area (Å²) in [4.78, 5) is 5.82. The van der Waals surface area contributed by atoms with Gasteiger partial charge >= 0.3 is 0 Å². The zero-order valence-electron chi connectivity index (χ0n) is 12.4. The Morgan fingerprint density at radius 2 is 1.89 bits per heavy atom. The number of anilines is 1. The molecule has 1 aromatic carbocycles. The Kier molecular flexibility index (Phi) is 3.68. The van der Waals surface area contributed by atoms with Gasteiger partial charge in [-0.1, -0.05) is 39.0 Å². The van der Waals surface area contributed by atoms with Gasteiger partial charge in [0.2, 0.25) is 0 Å². The molecule has 2 N–H and O–H groups in total. The van der Waals surface area contributed by atoms with Crippen LogP contribution in [0, 0.1) is 13.8 Å². The molecule has 0 aliphatic rings. The number of nitrogen functional groups attached to an aromatic ring is 1. The third kappa shape index (κ3) is 2.98. The summed E-state index contributed by atoms with van der Waals surface area (Å²) in [7, 11) is 0. The fourth-order valence-corrected chi connectivity index (χ4v) is 3.32. The van der Waals surface area contributed by atoms with Gasteiger partial charge in [0.25, 0.3) is 0 Å². The first kappa shape index (κ1) is 14.1. The summed E-state index contributed by atoms with van der Waals surface area (Å²) in [6, 6.07) is 6.48. The molecule has 0 saturated carbocycles. The number of benzene rings is 1. The molecule has 2 aromatic rings. The molecule has 0 fully saturated rings. The first-order chi connectivity index (χ1) is 8.79. The van der Waals surface area contributed by atoms with E-state index in [0.717, 1.165) is 12.1 Å². The predicted octanol–water partition coefficient (Wildman–Crippen LogP) is 4.23. The smallest absolute Gasteiger partial charge is 0.180 e. The second kappa shape index (κ2) is 4.97. The molecular weight excluding hydrogens is 252 g/mol. The summed E-state index contributed by atoms with van der Waals surface area (Å²) in [5.74, 6) is 0. The third-order valence-corrected chi connectivity index (χ3v) is 4.38. The zero-order chi connectivity index (χ0) is 14.2. The highest BCUT2D eigenvalue weighted by Crippen LogP contribution is 2.33. The second-order valence-corrected chi connectivity index (χ2v) is 7.22. The van der Waals surface area contributed by atoms with E-state index in [4.69, 9.17) is 5.73 Å². The fourth-order valence-electron chi connectivity index (χ4n) is 2.25. The summed E-state index contributed by atoms with van der Waals surface area (Å²) >= 11 is 1.62. The van der Waals surface area contributed by atoms with Crippen molar-refractivity contribution < 1.29 is 0 Å². The van der Waals surface area contributed by atoms with Gasteiger partial charge in [-0.3, -0.25) is 0 Å². The maximum atomic E-state index is 5.91. The van der Waals surface area contributed by atoms with Crippen LogP contribution in [-0.4, -0.2) is 4.98 Å². The van der Waals surface area contributed by atoms with E-state index >= 15 is 0 Å². The molecule has 1 heterocycles. The van der Waals surface area contributed by atoms with Crippen LogP contribution < -0.4 is 5.73 Å². The van der Waals surface area contributed by atoms with Gasteiger partial charge in [0, 0.05) is 16.7 Å². The van der Waals surface area contributed by atoms with E-state index in [1.807, 2.05) is 0 Å². The van der Waals surface area contributed by atoms with Crippen LogP contribution in [0.1, 0.15) is 48.0 Å². The van der Waals surface area contributed by atoms with Crippen molar-refractivity contribution in [2.75, 3.05) is 5.73 Å². The summed E-state index contributed by atoms with van der Waals surface area (Å²) in [6.45, 7) is 10.9. The number of aryl methyl sites for hydroxylation is 1. The quantitative estimate of drug-likeness (QED) is 0.890. The van der Waals surface area contributed by atoms with Crippen molar-refractivity contribution >= 4 is 16.5 Å². The van der Waals surface area contributed by atoms with E-state index in [2.05, 4.69) is 57.8 Å². The Hall–Kier alpha value is -1.35. The Morgan fingerprint density at radius 3 is 2.53 bits per heavy atom. The van der Waals surface area contributed by atoms with Crippen molar-refractivity contribution in [1.82, 2.24) is 4.98 Å². The van der Waals surface area contributed by atoms with E-state index in [9.17, 15) is 0 Å². The molecule has 0 amide bonds. The monoisotopic (exact) mass is 274 g/mol. The molecule has 102 valence electrons. The van der Waals surface area contributed by atoms with Crippen LogP contribution in [0.3, 0.4) is 0 Å². The van der Waals surface area contributed by atoms with E-state index < -0.39 is 0 Å². The van der Waals surface area contributed by atoms with E-state index in [1.165, 1.54) is 21.6 Å². The topological polar surface area (TPSA) is 38.9 Å². The van der Waals surface area contributed by atoms with E-state index in [0.29, 0.717) is 5.13 Å². The fraction of sp³-hybridized carbons (Fsp3) is 0.438.